The topological polar surface area (TPSA) is 316 Å². The standard InChI is InChI=1S/3C20H37N5O4.3C4H10/c3*1-23-11-13-24(14-12-23)15-17-5-4-10-25(17)16-19(27)22-8-2-6-18(26)21-9-3-7-20(28)29;3*1-3-4-2/h3*17H,2-16H2,1H3,(H,21,26)(H,22,27)(H,28,29);3*3-4H2,1-2H3/i4+1,5+1,10+1,11+1,12+1,13+1,14+1,15+1,16+1,17+1,23+1;4+1,5+1,10+1,11+1,12+1,13+1,14+1,15+1,16+1,17+1;4+1,5+1,8+1,10+1,11+1,12+1,13+1,14+1,15+1,17+1;;;. The van der Waals surface area contributed by atoms with Crippen LogP contribution in [-0.2, 0) is 43.2 Å². The summed E-state index contributed by atoms with van der Waals surface area (Å²) in [6, 6.07) is 1.38. The minimum absolute atomic E-state index is 0.0251. The molecule has 0 aliphatic carbocycles. The molecular weight excluding hydrogens is 1300 g/mol. The number of rotatable bonds is 39. The number of amides is 6. The third-order valence-electron chi connectivity index (χ3n) is 18.6. The van der Waals surface area contributed by atoms with Crippen LogP contribution >= 0.6 is 0 Å². The van der Waals surface area contributed by atoms with Crippen LogP contribution in [-0.4, -0.2) is 329 Å². The van der Waals surface area contributed by atoms with Crippen molar-refractivity contribution in [2.75, 3.05) is 198 Å². The molecule has 6 rings (SSSR count). The summed E-state index contributed by atoms with van der Waals surface area (Å²) in [5.41, 5.74) is 0. The molecule has 6 saturated heterocycles. The number of unbranched alkanes of at least 4 members (excludes halogenated alkanes) is 3. The van der Waals surface area contributed by atoms with E-state index in [1.165, 1.54) is 38.5 Å². The van der Waals surface area contributed by atoms with Gasteiger partial charge in [-0.3, -0.25) is 72.6 Å². The summed E-state index contributed by atoms with van der Waals surface area (Å²) in [6.45, 7) is 36.3. The van der Waals surface area contributed by atoms with Gasteiger partial charge in [-0.2, -0.15) is 0 Å². The van der Waals surface area contributed by atoms with Crippen molar-refractivity contribution in [3.05, 3.63) is 0 Å². The zero-order chi connectivity index (χ0) is 73.4. The van der Waals surface area contributed by atoms with E-state index < -0.39 is 17.9 Å². The number of carboxylic acids is 3. The molecule has 99 heavy (non-hydrogen) atoms. The van der Waals surface area contributed by atoms with Crippen molar-refractivity contribution in [1.82, 2.24) is 76.0 Å². The van der Waals surface area contributed by atoms with Crippen LogP contribution in [0.25, 0.3) is 0 Å². The van der Waals surface area contributed by atoms with E-state index >= 15 is 0 Å². The van der Waals surface area contributed by atoms with Crippen LogP contribution in [0.1, 0.15) is 196 Å². The largest absolute Gasteiger partial charge is 0.481 e. The number of nitrogens with one attached hydrogen (secondary N) is 6. The van der Waals surface area contributed by atoms with Crippen LogP contribution in [0.5, 0.6) is 0 Å². The van der Waals surface area contributed by atoms with Gasteiger partial charge in [0.25, 0.3) is 0 Å². The van der Waals surface area contributed by atoms with E-state index in [0.29, 0.717) is 135 Å². The van der Waals surface area contributed by atoms with E-state index in [1.807, 2.05) is 0 Å². The fourth-order valence-electron chi connectivity index (χ4n) is 11.7. The molecule has 3 unspecified atom stereocenters. The molecule has 0 saturated carbocycles. The minimum atomic E-state index is -0.856. The number of aliphatic carboxylic acids is 3. The van der Waals surface area contributed by atoms with Crippen LogP contribution < -0.4 is 31.9 Å². The molecule has 0 aromatic heterocycles. The zero-order valence-corrected chi connectivity index (χ0v) is 63.3. The van der Waals surface area contributed by atoms with Crippen LogP contribution in [0.15, 0.2) is 0 Å². The van der Waals surface area contributed by atoms with Gasteiger partial charge >= 0.3 is 17.9 Å². The molecule has 0 bridgehead atoms. The van der Waals surface area contributed by atoms with Crippen molar-refractivity contribution in [3.63, 3.8) is 0 Å². The van der Waals surface area contributed by atoms with Crippen molar-refractivity contribution in [1.29, 1.82) is 0 Å². The molecule has 6 fully saturated rings. The number of carbonyl (C=O) groups is 9. The van der Waals surface area contributed by atoms with Gasteiger partial charge in [0.05, 0.1) is 19.6 Å². The summed E-state index contributed by atoms with van der Waals surface area (Å²) >= 11 is 0. The molecule has 0 aromatic carbocycles. The van der Waals surface area contributed by atoms with Crippen molar-refractivity contribution in [3.8, 4) is 0 Å². The quantitative estimate of drug-likeness (QED) is 0.0237. The third kappa shape index (κ3) is 50.0. The number of carboxylic acid groups (broad SMARTS) is 3. The summed E-state index contributed by atoms with van der Waals surface area (Å²) in [5.74, 6) is -2.79. The van der Waals surface area contributed by atoms with Crippen molar-refractivity contribution >= 4 is 53.4 Å². The molecule has 0 radical (unpaired) electrons. The van der Waals surface area contributed by atoms with E-state index in [2.05, 4.69) is 139 Å². The molecule has 6 amide bonds. The average molecular weight is 1440 g/mol. The second-order valence-corrected chi connectivity index (χ2v) is 27.5. The van der Waals surface area contributed by atoms with Gasteiger partial charge in [-0.05, 0) is 118 Å². The highest BCUT2D eigenvalue weighted by Crippen LogP contribution is 2.21. The highest BCUT2D eigenvalue weighted by Gasteiger charge is 2.32. The number of likely N-dealkylation sites (N-methyl/N-ethyl adjacent to an activating group) is 3. The van der Waals surface area contributed by atoms with Gasteiger partial charge < -0.3 is 61.9 Å². The Morgan fingerprint density at radius 3 is 0.697 bits per heavy atom. The molecule has 576 valence electrons. The van der Waals surface area contributed by atoms with Crippen molar-refractivity contribution in [2.24, 2.45) is 0 Å². The van der Waals surface area contributed by atoms with Gasteiger partial charge in [0.1, 0.15) is 0 Å². The molecule has 27 nitrogen and oxygen atoms in total. The average Bonchev–Trinajstić information content (AvgIpc) is 1.75. The third-order valence-corrected chi connectivity index (χ3v) is 18.6. The Labute approximate surface area is 597 Å². The lowest BCUT2D eigenvalue weighted by atomic mass is 10.2. The Morgan fingerprint density at radius 2 is 0.495 bits per heavy atom. The maximum absolute atomic E-state index is 12.3. The van der Waals surface area contributed by atoms with Gasteiger partial charge in [-0.25, -0.2) is 0 Å². The number of piperazine rings is 3. The molecule has 0 spiro atoms. The van der Waals surface area contributed by atoms with Crippen LogP contribution in [0, 0.1) is 0 Å². The van der Waals surface area contributed by atoms with Crippen LogP contribution in [0.3, 0.4) is 0 Å². The maximum atomic E-state index is 12.3. The highest BCUT2D eigenvalue weighted by atomic mass is 16.4. The SMILES string of the molecule is CCCC.CCCC.CCCC.CN1[13CH2][13CH2]N([13CH2][13CH]2[13CH2][13CH2][13CH2]N2CC(=O)N[13CH2]CCC(=O)NCCCC(=O)O)[13CH2][13CH2]1.CN1[13CH2][13CH2]N([13CH2][13CH]2[13CH2][13CH2][13CH2]N2[13CH2]C(=O)NCCCC(=O)NCCCC(=O)O)[13CH2][13CH2]1.C[15N]1[13CH2][13CH2]N([13CH2][13CH]2[13CH2][13CH2][13CH2]N2[13CH2]C(=O)NCCCC(=O)NCCCC(=O)O)[13CH2][13CH2]1. The lowest BCUT2D eigenvalue weighted by molar-refractivity contribution is -0.138. The Hall–Kier alpha value is -5.13. The predicted molar refractivity (Wildman–Crippen MR) is 394 cm³/mol. The Bertz CT molecular complexity index is 1930. The van der Waals surface area contributed by atoms with Gasteiger partial charge in [-0.1, -0.05) is 80.1 Å². The lowest BCUT2D eigenvalue weighted by Crippen LogP contribution is -2.50. The fraction of sp³-hybridized carbons (Fsp3) is 0.875. The first kappa shape index (κ1) is 91.9. The zero-order valence-electron chi connectivity index (χ0n) is 63.3. The van der Waals surface area contributed by atoms with Crippen molar-refractivity contribution in [2.45, 2.75) is 214 Å². The molecule has 3 atom stereocenters. The summed E-state index contributed by atoms with van der Waals surface area (Å²) in [5, 5.41) is 42.5. The Morgan fingerprint density at radius 1 is 0.293 bits per heavy atom. The first-order valence-electron chi connectivity index (χ1n) is 38.3. The number of carbonyl (C=O) groups excluding carboxylic acids is 6. The normalized spacial score (nSPS) is 19.5. The molecule has 9 N–H and O–H groups in total. The molecule has 27 heteroatoms. The second kappa shape index (κ2) is 59.4. The van der Waals surface area contributed by atoms with Crippen LogP contribution in [0.2, 0.25) is 0 Å². The molecule has 6 aliphatic heterocycles. The van der Waals surface area contributed by atoms with E-state index in [0.717, 1.165) is 156 Å². The summed E-state index contributed by atoms with van der Waals surface area (Å²) < 4.78 is 0. The van der Waals surface area contributed by atoms with Gasteiger partial charge in [0.2, 0.25) is 35.4 Å². The van der Waals surface area contributed by atoms with Gasteiger partial charge in [-0.15, -0.1) is 0 Å². The van der Waals surface area contributed by atoms with E-state index in [9.17, 15) is 43.2 Å². The summed E-state index contributed by atoms with van der Waals surface area (Å²) in [7, 11) is 6.48. The first-order chi connectivity index (χ1) is 47.5. The predicted octanol–water partition coefficient (Wildman–Crippen LogP) is 4.15. The van der Waals surface area contributed by atoms with E-state index in [-0.39, 0.29) is 54.7 Å². The number of likely N-dealkylation sites (tertiary alicyclic amines) is 3. The molecule has 6 heterocycles. The number of hydrogen-bond donors (Lipinski definition) is 9. The first-order valence-corrected chi connectivity index (χ1v) is 38.3. The molecule has 6 aliphatic rings. The van der Waals surface area contributed by atoms with Gasteiger partial charge in [0.15, 0.2) is 0 Å². The van der Waals surface area contributed by atoms with Crippen LogP contribution in [0.4, 0.5) is 0 Å². The lowest BCUT2D eigenvalue weighted by Gasteiger charge is -2.36. The maximum Gasteiger partial charge on any atom is 0.303 e. The van der Waals surface area contributed by atoms with Gasteiger partial charge in [0, 0.05) is 194 Å². The molecular formula is C72H141N15O12. The second-order valence-electron chi connectivity index (χ2n) is 27.5. The van der Waals surface area contributed by atoms with Crippen molar-refractivity contribution < 1.29 is 58.5 Å². The fourth-order valence-corrected chi connectivity index (χ4v) is 11.7. The summed E-state index contributed by atoms with van der Waals surface area (Å²) in [4.78, 5) is 125. The Balaban J connectivity index is 0.000000683. The Kier molecular flexibility index (Phi) is 55.1. The van der Waals surface area contributed by atoms with E-state index in [1.54, 1.807) is 0 Å². The minimum Gasteiger partial charge on any atom is -0.481 e. The monoisotopic (exact) mass is 1440 g/mol. The summed E-state index contributed by atoms with van der Waals surface area (Å²) in [6.07, 6.45) is 19.1. The highest BCUT2D eigenvalue weighted by molar-refractivity contribution is 5.80. The van der Waals surface area contributed by atoms with E-state index in [4.69, 9.17) is 15.3 Å². The molecule has 0 aromatic rings. The number of hydrogen-bond acceptors (Lipinski definition) is 18. The number of nitrogens with zero attached hydrogens (tertiary/aromatic N) is 9. The smallest absolute Gasteiger partial charge is 0.303 e.